The quantitative estimate of drug-likeness (QED) is 0.622. The van der Waals surface area contributed by atoms with Crippen LogP contribution in [-0.4, -0.2) is 25.0 Å². The Hall–Kier alpha value is -0.570. The van der Waals surface area contributed by atoms with E-state index in [2.05, 4.69) is 17.6 Å². The van der Waals surface area contributed by atoms with Crippen LogP contribution >= 0.6 is 0 Å². The van der Waals surface area contributed by atoms with Crippen molar-refractivity contribution in [1.82, 2.24) is 10.6 Å². The predicted octanol–water partition coefficient (Wildman–Crippen LogP) is 2.07. The lowest BCUT2D eigenvalue weighted by molar-refractivity contribution is -0.122. The van der Waals surface area contributed by atoms with Crippen molar-refractivity contribution in [3.8, 4) is 0 Å². The van der Waals surface area contributed by atoms with Gasteiger partial charge in [0.15, 0.2) is 0 Å². The summed E-state index contributed by atoms with van der Waals surface area (Å²) in [5.74, 6) is 1.06. The maximum atomic E-state index is 11.6. The fourth-order valence-corrected chi connectivity index (χ4v) is 1.92. The number of nitrogens with one attached hydrogen (secondary N) is 2. The first-order valence-corrected chi connectivity index (χ1v) is 6.75. The molecule has 0 saturated heterocycles. The minimum atomic E-state index is -0.0445. The molecule has 0 radical (unpaired) electrons. The van der Waals surface area contributed by atoms with Crippen LogP contribution in [0.4, 0.5) is 0 Å². The van der Waals surface area contributed by atoms with Crippen molar-refractivity contribution in [1.29, 1.82) is 0 Å². The van der Waals surface area contributed by atoms with Gasteiger partial charge < -0.3 is 10.6 Å². The Morgan fingerprint density at radius 2 is 2.12 bits per heavy atom. The summed E-state index contributed by atoms with van der Waals surface area (Å²) in [5, 5.41) is 6.24. The molecule has 1 rings (SSSR count). The topological polar surface area (TPSA) is 41.1 Å². The van der Waals surface area contributed by atoms with Crippen molar-refractivity contribution in [3.63, 3.8) is 0 Å². The number of hydrogen-bond donors (Lipinski definition) is 2. The van der Waals surface area contributed by atoms with Gasteiger partial charge >= 0.3 is 0 Å². The normalized spacial score (nSPS) is 17.9. The van der Waals surface area contributed by atoms with Gasteiger partial charge in [0.1, 0.15) is 0 Å². The van der Waals surface area contributed by atoms with Gasteiger partial charge in [-0.2, -0.15) is 0 Å². The molecule has 94 valence electrons. The maximum Gasteiger partial charge on any atom is 0.236 e. The molecule has 0 aliphatic heterocycles. The molecule has 0 heterocycles. The fourth-order valence-electron chi connectivity index (χ4n) is 1.92. The van der Waals surface area contributed by atoms with Crippen LogP contribution in [0.15, 0.2) is 0 Å². The highest BCUT2D eigenvalue weighted by molar-refractivity contribution is 5.81. The largest absolute Gasteiger partial charge is 0.355 e. The third kappa shape index (κ3) is 4.97. The molecule has 1 unspecified atom stereocenters. The molecule has 1 amide bonds. The van der Waals surface area contributed by atoms with E-state index in [1.54, 1.807) is 0 Å². The van der Waals surface area contributed by atoms with Gasteiger partial charge in [-0.3, -0.25) is 4.79 Å². The van der Waals surface area contributed by atoms with E-state index < -0.39 is 0 Å². The van der Waals surface area contributed by atoms with E-state index in [-0.39, 0.29) is 11.9 Å². The third-order valence-corrected chi connectivity index (χ3v) is 3.45. The molecule has 1 saturated carbocycles. The van der Waals surface area contributed by atoms with E-state index in [0.29, 0.717) is 0 Å². The SMILES string of the molecule is CCCCNC(=O)C(C)NCCC1CCC1. The molecule has 0 spiro atoms. The molecule has 3 heteroatoms. The van der Waals surface area contributed by atoms with Crippen LogP contribution in [0.1, 0.15) is 52.4 Å². The molecule has 2 N–H and O–H groups in total. The van der Waals surface area contributed by atoms with Crippen LogP contribution in [0.3, 0.4) is 0 Å². The van der Waals surface area contributed by atoms with E-state index >= 15 is 0 Å². The lowest BCUT2D eigenvalue weighted by Crippen LogP contribution is -2.43. The standard InChI is InChI=1S/C13H26N2O/c1-3-4-9-15-13(16)11(2)14-10-8-12-6-5-7-12/h11-12,14H,3-10H2,1-2H3,(H,15,16). The Bertz CT molecular complexity index is 202. The van der Waals surface area contributed by atoms with Crippen molar-refractivity contribution in [2.24, 2.45) is 5.92 Å². The average Bonchev–Trinajstić information content (AvgIpc) is 2.21. The number of carbonyl (C=O) groups is 1. The van der Waals surface area contributed by atoms with Crippen LogP contribution in [0, 0.1) is 5.92 Å². The van der Waals surface area contributed by atoms with Gasteiger partial charge in [-0.05, 0) is 32.2 Å². The van der Waals surface area contributed by atoms with E-state index in [9.17, 15) is 4.79 Å². The van der Waals surface area contributed by atoms with Gasteiger partial charge in [-0.15, -0.1) is 0 Å². The zero-order valence-electron chi connectivity index (χ0n) is 10.7. The van der Waals surface area contributed by atoms with Gasteiger partial charge in [-0.1, -0.05) is 32.6 Å². The average molecular weight is 226 g/mol. The summed E-state index contributed by atoms with van der Waals surface area (Å²) in [5.41, 5.74) is 0. The summed E-state index contributed by atoms with van der Waals surface area (Å²) in [6.45, 7) is 5.87. The molecule has 0 aromatic carbocycles. The second kappa shape index (κ2) is 7.66. The summed E-state index contributed by atoms with van der Waals surface area (Å²) in [6, 6.07) is -0.0445. The summed E-state index contributed by atoms with van der Waals surface area (Å²) >= 11 is 0. The Balaban J connectivity index is 1.98. The number of hydrogen-bond acceptors (Lipinski definition) is 2. The second-order valence-corrected chi connectivity index (χ2v) is 4.91. The summed E-state index contributed by atoms with van der Waals surface area (Å²) in [7, 11) is 0. The minimum Gasteiger partial charge on any atom is -0.355 e. The molecule has 3 nitrogen and oxygen atoms in total. The Labute approximate surface area is 99.4 Å². The van der Waals surface area contributed by atoms with Crippen LogP contribution in [0.2, 0.25) is 0 Å². The molecule has 0 bridgehead atoms. The first-order valence-electron chi connectivity index (χ1n) is 6.75. The molecule has 1 atom stereocenters. The Morgan fingerprint density at radius 3 is 2.69 bits per heavy atom. The highest BCUT2D eigenvalue weighted by atomic mass is 16.2. The van der Waals surface area contributed by atoms with Crippen LogP contribution in [0.5, 0.6) is 0 Å². The summed E-state index contributed by atoms with van der Waals surface area (Å²) in [4.78, 5) is 11.6. The van der Waals surface area contributed by atoms with Crippen LogP contribution < -0.4 is 10.6 Å². The smallest absolute Gasteiger partial charge is 0.236 e. The molecule has 0 aromatic rings. The zero-order valence-corrected chi connectivity index (χ0v) is 10.7. The lowest BCUT2D eigenvalue weighted by Gasteiger charge is -2.25. The highest BCUT2D eigenvalue weighted by Crippen LogP contribution is 2.28. The molecule has 0 aromatic heterocycles. The fraction of sp³-hybridized carbons (Fsp3) is 0.923. The Morgan fingerprint density at radius 1 is 1.38 bits per heavy atom. The Kier molecular flexibility index (Phi) is 6.46. The molecule has 1 fully saturated rings. The number of carbonyl (C=O) groups excluding carboxylic acids is 1. The van der Waals surface area contributed by atoms with Crippen molar-refractivity contribution >= 4 is 5.91 Å². The van der Waals surface area contributed by atoms with Crippen molar-refractivity contribution < 1.29 is 4.79 Å². The summed E-state index contributed by atoms with van der Waals surface area (Å²) < 4.78 is 0. The number of rotatable bonds is 8. The van der Waals surface area contributed by atoms with E-state index in [1.807, 2.05) is 6.92 Å². The van der Waals surface area contributed by atoms with Gasteiger partial charge in [-0.25, -0.2) is 0 Å². The highest BCUT2D eigenvalue weighted by Gasteiger charge is 2.17. The van der Waals surface area contributed by atoms with Gasteiger partial charge in [0.05, 0.1) is 6.04 Å². The molecule has 1 aliphatic rings. The van der Waals surface area contributed by atoms with Gasteiger partial charge in [0, 0.05) is 6.54 Å². The molecule has 1 aliphatic carbocycles. The second-order valence-electron chi connectivity index (χ2n) is 4.91. The maximum absolute atomic E-state index is 11.6. The van der Waals surface area contributed by atoms with Gasteiger partial charge in [0.25, 0.3) is 0 Å². The lowest BCUT2D eigenvalue weighted by atomic mass is 9.83. The van der Waals surface area contributed by atoms with Crippen LogP contribution in [0.25, 0.3) is 0 Å². The predicted molar refractivity (Wildman–Crippen MR) is 67.3 cm³/mol. The monoisotopic (exact) mass is 226 g/mol. The number of amides is 1. The molecule has 16 heavy (non-hydrogen) atoms. The molecular formula is C13H26N2O. The van der Waals surface area contributed by atoms with Crippen molar-refractivity contribution in [2.45, 2.75) is 58.4 Å². The third-order valence-electron chi connectivity index (χ3n) is 3.45. The van der Waals surface area contributed by atoms with E-state index in [1.165, 1.54) is 25.7 Å². The minimum absolute atomic E-state index is 0.0445. The van der Waals surface area contributed by atoms with Crippen molar-refractivity contribution in [3.05, 3.63) is 0 Å². The number of unbranched alkanes of at least 4 members (excludes halogenated alkanes) is 1. The van der Waals surface area contributed by atoms with E-state index in [4.69, 9.17) is 0 Å². The summed E-state index contributed by atoms with van der Waals surface area (Å²) in [6.07, 6.45) is 7.60. The van der Waals surface area contributed by atoms with E-state index in [0.717, 1.165) is 31.8 Å². The molecular weight excluding hydrogens is 200 g/mol. The first-order chi connectivity index (χ1) is 7.74. The zero-order chi connectivity index (χ0) is 11.8. The van der Waals surface area contributed by atoms with Crippen molar-refractivity contribution in [2.75, 3.05) is 13.1 Å². The van der Waals surface area contributed by atoms with Gasteiger partial charge in [0.2, 0.25) is 5.91 Å². The first kappa shape index (κ1) is 13.5. The van der Waals surface area contributed by atoms with Crippen LogP contribution in [-0.2, 0) is 4.79 Å².